The van der Waals surface area contributed by atoms with Crippen molar-refractivity contribution in [2.75, 3.05) is 19.3 Å². The van der Waals surface area contributed by atoms with E-state index >= 15 is 0 Å². The Kier molecular flexibility index (Phi) is 5.53. The Bertz CT molecular complexity index is 197. The van der Waals surface area contributed by atoms with E-state index in [9.17, 15) is 9.59 Å². The van der Waals surface area contributed by atoms with Crippen LogP contribution in [0.15, 0.2) is 0 Å². The van der Waals surface area contributed by atoms with Crippen molar-refractivity contribution in [1.82, 2.24) is 10.2 Å². The van der Waals surface area contributed by atoms with Crippen LogP contribution in [0.4, 0.5) is 0 Å². The fourth-order valence-corrected chi connectivity index (χ4v) is 1.10. The lowest BCUT2D eigenvalue weighted by atomic mass is 10.3. The molecule has 0 rings (SSSR count). The first-order chi connectivity index (χ1) is 6.02. The van der Waals surface area contributed by atoms with Crippen LogP contribution in [0.3, 0.4) is 0 Å². The van der Waals surface area contributed by atoms with Gasteiger partial charge in [-0.1, -0.05) is 0 Å². The molecule has 1 N–H and O–H groups in total. The van der Waals surface area contributed by atoms with Gasteiger partial charge in [0.25, 0.3) is 0 Å². The van der Waals surface area contributed by atoms with Crippen LogP contribution < -0.4 is 5.32 Å². The van der Waals surface area contributed by atoms with Gasteiger partial charge in [0.05, 0.1) is 0 Å². The molecule has 1 unspecified atom stereocenters. The van der Waals surface area contributed by atoms with Crippen molar-refractivity contribution < 1.29 is 9.59 Å². The third-order valence-electron chi connectivity index (χ3n) is 1.71. The van der Waals surface area contributed by atoms with Crippen molar-refractivity contribution in [2.24, 2.45) is 0 Å². The number of likely N-dealkylation sites (N-methyl/N-ethyl adjacent to an activating group) is 1. The molecule has 0 aliphatic rings. The van der Waals surface area contributed by atoms with Gasteiger partial charge in [-0.3, -0.25) is 9.59 Å². The Morgan fingerprint density at radius 3 is 2.38 bits per heavy atom. The van der Waals surface area contributed by atoms with Crippen LogP contribution in [0, 0.1) is 0 Å². The minimum absolute atomic E-state index is 0.104. The predicted molar refractivity (Wildman–Crippen MR) is 54.8 cm³/mol. The minimum atomic E-state index is -0.509. The molecule has 0 aromatic carbocycles. The summed E-state index contributed by atoms with van der Waals surface area (Å²) in [6.07, 6.45) is 0. The lowest BCUT2D eigenvalue weighted by molar-refractivity contribution is -0.134. The molecular formula is C8H16N2O2S. The zero-order valence-electron chi connectivity index (χ0n) is 8.20. The third kappa shape index (κ3) is 4.17. The second kappa shape index (κ2) is 5.85. The largest absolute Gasteiger partial charge is 0.344 e. The summed E-state index contributed by atoms with van der Waals surface area (Å²) in [6.45, 7) is 3.89. The van der Waals surface area contributed by atoms with Crippen molar-refractivity contribution in [3.05, 3.63) is 0 Å². The molecule has 0 spiro atoms. The number of nitrogens with zero attached hydrogens (tertiary/aromatic N) is 1. The SMILES string of the molecule is CCN(C)C(=O)C(CS)NC(C)=O. The van der Waals surface area contributed by atoms with Crippen LogP contribution in [-0.4, -0.2) is 42.1 Å². The first kappa shape index (κ1) is 12.3. The van der Waals surface area contributed by atoms with Crippen molar-refractivity contribution in [3.63, 3.8) is 0 Å². The third-order valence-corrected chi connectivity index (χ3v) is 2.07. The maximum atomic E-state index is 11.5. The predicted octanol–water partition coefficient (Wildman–Crippen LogP) is -0.101. The van der Waals surface area contributed by atoms with E-state index in [1.807, 2.05) is 6.92 Å². The van der Waals surface area contributed by atoms with E-state index in [4.69, 9.17) is 0 Å². The van der Waals surface area contributed by atoms with Crippen molar-refractivity contribution in [3.8, 4) is 0 Å². The summed E-state index contributed by atoms with van der Waals surface area (Å²) in [5, 5.41) is 2.54. The highest BCUT2D eigenvalue weighted by Crippen LogP contribution is 1.95. The van der Waals surface area contributed by atoms with Crippen LogP contribution in [0.2, 0.25) is 0 Å². The topological polar surface area (TPSA) is 49.4 Å². The number of amides is 2. The number of carbonyl (C=O) groups excluding carboxylic acids is 2. The highest BCUT2D eigenvalue weighted by atomic mass is 32.1. The quantitative estimate of drug-likeness (QED) is 0.628. The monoisotopic (exact) mass is 204 g/mol. The summed E-state index contributed by atoms with van der Waals surface area (Å²) in [4.78, 5) is 23.8. The number of hydrogen-bond donors (Lipinski definition) is 2. The highest BCUT2D eigenvalue weighted by molar-refractivity contribution is 7.80. The molecule has 5 heteroatoms. The van der Waals surface area contributed by atoms with Crippen molar-refractivity contribution in [2.45, 2.75) is 19.9 Å². The first-order valence-electron chi connectivity index (χ1n) is 4.15. The first-order valence-corrected chi connectivity index (χ1v) is 4.79. The molecule has 0 fully saturated rings. The number of thiol groups is 1. The summed E-state index contributed by atoms with van der Waals surface area (Å²) in [5.41, 5.74) is 0. The standard InChI is InChI=1S/C8H16N2O2S/c1-4-10(3)8(12)7(5-13)9-6(2)11/h7,13H,4-5H2,1-3H3,(H,9,11). The van der Waals surface area contributed by atoms with Crippen LogP contribution in [0.25, 0.3) is 0 Å². The van der Waals surface area contributed by atoms with E-state index in [-0.39, 0.29) is 11.8 Å². The van der Waals surface area contributed by atoms with E-state index in [1.54, 1.807) is 11.9 Å². The summed E-state index contributed by atoms with van der Waals surface area (Å²) < 4.78 is 0. The molecule has 2 amide bonds. The van der Waals surface area contributed by atoms with Gasteiger partial charge in [0.15, 0.2) is 0 Å². The molecule has 76 valence electrons. The Hall–Kier alpha value is -0.710. The van der Waals surface area contributed by atoms with Crippen molar-refractivity contribution >= 4 is 24.4 Å². The van der Waals surface area contributed by atoms with Gasteiger partial charge in [-0.25, -0.2) is 0 Å². The minimum Gasteiger partial charge on any atom is -0.344 e. The molecule has 0 radical (unpaired) electrons. The molecule has 0 saturated carbocycles. The molecule has 0 bridgehead atoms. The molecular weight excluding hydrogens is 188 g/mol. The molecule has 13 heavy (non-hydrogen) atoms. The van der Waals surface area contributed by atoms with Gasteiger partial charge in [0.1, 0.15) is 6.04 Å². The zero-order chi connectivity index (χ0) is 10.4. The average Bonchev–Trinajstić information content (AvgIpc) is 2.11. The lowest BCUT2D eigenvalue weighted by Crippen LogP contribution is -2.47. The lowest BCUT2D eigenvalue weighted by Gasteiger charge is -2.21. The molecule has 0 saturated heterocycles. The zero-order valence-corrected chi connectivity index (χ0v) is 9.10. The smallest absolute Gasteiger partial charge is 0.245 e. The summed E-state index contributed by atoms with van der Waals surface area (Å²) in [5.74, 6) is 0.00699. The van der Waals surface area contributed by atoms with Gasteiger partial charge in [-0.05, 0) is 6.92 Å². The summed E-state index contributed by atoms with van der Waals surface area (Å²) in [6, 6.07) is -0.509. The Balaban J connectivity index is 4.22. The van der Waals surface area contributed by atoms with E-state index in [0.717, 1.165) is 0 Å². The maximum Gasteiger partial charge on any atom is 0.245 e. The van der Waals surface area contributed by atoms with E-state index in [0.29, 0.717) is 12.3 Å². The van der Waals surface area contributed by atoms with E-state index < -0.39 is 6.04 Å². The highest BCUT2D eigenvalue weighted by Gasteiger charge is 2.19. The summed E-state index contributed by atoms with van der Waals surface area (Å²) >= 11 is 4.00. The van der Waals surface area contributed by atoms with Gasteiger partial charge in [-0.2, -0.15) is 12.6 Å². The van der Waals surface area contributed by atoms with Gasteiger partial charge >= 0.3 is 0 Å². The number of nitrogens with one attached hydrogen (secondary N) is 1. The maximum absolute atomic E-state index is 11.5. The van der Waals surface area contributed by atoms with Gasteiger partial charge in [0.2, 0.25) is 11.8 Å². The van der Waals surface area contributed by atoms with E-state index in [2.05, 4.69) is 17.9 Å². The Morgan fingerprint density at radius 1 is 1.54 bits per heavy atom. The average molecular weight is 204 g/mol. The van der Waals surface area contributed by atoms with Crippen LogP contribution in [-0.2, 0) is 9.59 Å². The van der Waals surface area contributed by atoms with Gasteiger partial charge in [-0.15, -0.1) is 0 Å². The fraction of sp³-hybridized carbons (Fsp3) is 0.750. The number of carbonyl (C=O) groups is 2. The van der Waals surface area contributed by atoms with Crippen LogP contribution >= 0.6 is 12.6 Å². The Morgan fingerprint density at radius 2 is 2.08 bits per heavy atom. The molecule has 0 aromatic rings. The van der Waals surface area contributed by atoms with E-state index in [1.165, 1.54) is 6.92 Å². The second-order valence-electron chi connectivity index (χ2n) is 2.79. The van der Waals surface area contributed by atoms with Crippen molar-refractivity contribution in [1.29, 1.82) is 0 Å². The van der Waals surface area contributed by atoms with Gasteiger partial charge < -0.3 is 10.2 Å². The molecule has 0 aromatic heterocycles. The molecule has 4 nitrogen and oxygen atoms in total. The molecule has 0 aliphatic carbocycles. The molecule has 1 atom stereocenters. The molecule has 0 heterocycles. The number of rotatable bonds is 4. The normalized spacial score (nSPS) is 12.0. The second-order valence-corrected chi connectivity index (χ2v) is 3.15. The fourth-order valence-electron chi connectivity index (χ4n) is 0.853. The number of hydrogen-bond acceptors (Lipinski definition) is 3. The summed E-state index contributed by atoms with van der Waals surface area (Å²) in [7, 11) is 1.70. The Labute approximate surface area is 84.1 Å². The van der Waals surface area contributed by atoms with Gasteiger partial charge in [0, 0.05) is 26.3 Å². The molecule has 0 aliphatic heterocycles. The van der Waals surface area contributed by atoms with Crippen LogP contribution in [0.1, 0.15) is 13.8 Å². The van der Waals surface area contributed by atoms with Crippen LogP contribution in [0.5, 0.6) is 0 Å².